The zero-order valence-electron chi connectivity index (χ0n) is 10.6. The first-order valence-electron chi connectivity index (χ1n) is 6.91. The number of hydrogen-bond acceptors (Lipinski definition) is 3. The van der Waals surface area contributed by atoms with E-state index in [1.165, 1.54) is 6.42 Å². The van der Waals surface area contributed by atoms with Crippen LogP contribution in [0.2, 0.25) is 0 Å². The molecule has 3 nitrogen and oxygen atoms in total. The molecule has 0 amide bonds. The highest BCUT2D eigenvalue weighted by atomic mass is 19.1. The smallest absolute Gasteiger partial charge is 0.0963 e. The highest BCUT2D eigenvalue weighted by molar-refractivity contribution is 4.81. The van der Waals surface area contributed by atoms with Crippen LogP contribution in [-0.4, -0.2) is 56.6 Å². The predicted octanol–water partition coefficient (Wildman–Crippen LogP) is 2.01. The molecule has 0 bridgehead atoms. The van der Waals surface area contributed by atoms with E-state index < -0.39 is 0 Å². The fourth-order valence-corrected chi connectivity index (χ4v) is 2.66. The summed E-state index contributed by atoms with van der Waals surface area (Å²) >= 11 is 0. The van der Waals surface area contributed by atoms with Gasteiger partial charge in [-0.15, -0.1) is 0 Å². The molecule has 0 aromatic rings. The van der Waals surface area contributed by atoms with Crippen molar-refractivity contribution < 1.29 is 13.9 Å². The van der Waals surface area contributed by atoms with E-state index in [0.717, 1.165) is 52.1 Å². The average Bonchev–Trinajstić information content (AvgIpc) is 2.89. The first-order valence-corrected chi connectivity index (χ1v) is 6.91. The zero-order chi connectivity index (χ0) is 11.9. The number of alkyl halides is 1. The van der Waals surface area contributed by atoms with E-state index in [4.69, 9.17) is 9.47 Å². The zero-order valence-corrected chi connectivity index (χ0v) is 10.6. The number of unbranched alkanes of at least 4 members (excludes halogenated alkanes) is 2. The summed E-state index contributed by atoms with van der Waals surface area (Å²) in [7, 11) is 0. The highest BCUT2D eigenvalue weighted by Crippen LogP contribution is 2.21. The second-order valence-electron chi connectivity index (χ2n) is 5.01. The third-order valence-electron chi connectivity index (χ3n) is 3.67. The predicted molar refractivity (Wildman–Crippen MR) is 65.0 cm³/mol. The second-order valence-corrected chi connectivity index (χ2v) is 5.01. The van der Waals surface area contributed by atoms with Gasteiger partial charge in [0.15, 0.2) is 0 Å². The Morgan fingerprint density at radius 1 is 1.06 bits per heavy atom. The lowest BCUT2D eigenvalue weighted by Crippen LogP contribution is -2.47. The first kappa shape index (κ1) is 13.2. The van der Waals surface area contributed by atoms with Crippen LogP contribution in [0.1, 0.15) is 32.1 Å². The molecule has 2 aliphatic heterocycles. The molecule has 0 unspecified atom stereocenters. The van der Waals surface area contributed by atoms with Crippen LogP contribution in [0.3, 0.4) is 0 Å². The third-order valence-corrected chi connectivity index (χ3v) is 3.67. The van der Waals surface area contributed by atoms with Gasteiger partial charge in [-0.05, 0) is 38.6 Å². The number of halogens is 1. The molecular weight excluding hydrogens is 221 g/mol. The van der Waals surface area contributed by atoms with Crippen LogP contribution in [0.4, 0.5) is 4.39 Å². The van der Waals surface area contributed by atoms with Crippen LogP contribution in [0.15, 0.2) is 0 Å². The summed E-state index contributed by atoms with van der Waals surface area (Å²) in [5, 5.41) is 0. The van der Waals surface area contributed by atoms with Crippen LogP contribution < -0.4 is 0 Å². The van der Waals surface area contributed by atoms with E-state index in [1.54, 1.807) is 0 Å². The molecule has 0 aromatic heterocycles. The largest absolute Gasteiger partial charge is 0.375 e. The van der Waals surface area contributed by atoms with E-state index in [0.29, 0.717) is 12.5 Å². The number of ether oxygens (including phenoxy) is 2. The van der Waals surface area contributed by atoms with Crippen LogP contribution in [-0.2, 0) is 9.47 Å². The van der Waals surface area contributed by atoms with E-state index in [9.17, 15) is 4.39 Å². The Balaban J connectivity index is 1.65. The van der Waals surface area contributed by atoms with Crippen molar-refractivity contribution in [2.24, 2.45) is 0 Å². The van der Waals surface area contributed by atoms with E-state index in [1.807, 2.05) is 0 Å². The summed E-state index contributed by atoms with van der Waals surface area (Å²) in [6, 6.07) is 0. The monoisotopic (exact) mass is 245 g/mol. The molecule has 2 aliphatic rings. The van der Waals surface area contributed by atoms with Gasteiger partial charge >= 0.3 is 0 Å². The molecule has 2 saturated heterocycles. The highest BCUT2D eigenvalue weighted by Gasteiger charge is 2.30. The van der Waals surface area contributed by atoms with Crippen LogP contribution in [0, 0.1) is 0 Å². The van der Waals surface area contributed by atoms with Gasteiger partial charge in [-0.25, -0.2) is 0 Å². The summed E-state index contributed by atoms with van der Waals surface area (Å²) in [4.78, 5) is 2.44. The molecule has 0 N–H and O–H groups in total. The quantitative estimate of drug-likeness (QED) is 0.668. The van der Waals surface area contributed by atoms with Crippen molar-refractivity contribution in [2.75, 3.05) is 39.5 Å². The van der Waals surface area contributed by atoms with Crippen molar-refractivity contribution in [3.63, 3.8) is 0 Å². The number of nitrogens with zero attached hydrogens (tertiary/aromatic N) is 1. The molecule has 17 heavy (non-hydrogen) atoms. The molecule has 4 heteroatoms. The minimum absolute atomic E-state index is 0.179. The van der Waals surface area contributed by atoms with E-state index in [2.05, 4.69) is 4.90 Å². The Labute approximate surface area is 103 Å². The molecule has 0 radical (unpaired) electrons. The molecule has 0 spiro atoms. The normalized spacial score (nSPS) is 30.9. The molecule has 2 atom stereocenters. The van der Waals surface area contributed by atoms with Crippen LogP contribution >= 0.6 is 0 Å². The Morgan fingerprint density at radius 2 is 1.94 bits per heavy atom. The molecule has 0 aliphatic carbocycles. The van der Waals surface area contributed by atoms with Gasteiger partial charge in [-0.1, -0.05) is 0 Å². The number of morpholine rings is 1. The van der Waals surface area contributed by atoms with Gasteiger partial charge in [0, 0.05) is 19.7 Å². The maximum absolute atomic E-state index is 12.0. The fourth-order valence-electron chi connectivity index (χ4n) is 2.66. The minimum Gasteiger partial charge on any atom is -0.375 e. The maximum atomic E-state index is 12.0. The van der Waals surface area contributed by atoms with Crippen molar-refractivity contribution in [3.05, 3.63) is 0 Å². The van der Waals surface area contributed by atoms with E-state index in [-0.39, 0.29) is 12.8 Å². The SMILES string of the molecule is FCCCCCN1CCO[C@@H]([C@@H]2CCCO2)C1. The van der Waals surface area contributed by atoms with Crippen LogP contribution in [0.25, 0.3) is 0 Å². The van der Waals surface area contributed by atoms with Gasteiger partial charge < -0.3 is 9.47 Å². The summed E-state index contributed by atoms with van der Waals surface area (Å²) in [5.74, 6) is 0. The number of rotatable bonds is 6. The fraction of sp³-hybridized carbons (Fsp3) is 1.00. The molecule has 2 fully saturated rings. The molecule has 2 rings (SSSR count). The van der Waals surface area contributed by atoms with Crippen LogP contribution in [0.5, 0.6) is 0 Å². The Kier molecular flexibility index (Phi) is 5.68. The van der Waals surface area contributed by atoms with Crippen molar-refractivity contribution in [1.82, 2.24) is 4.90 Å². The average molecular weight is 245 g/mol. The van der Waals surface area contributed by atoms with Crippen molar-refractivity contribution >= 4 is 0 Å². The standard InChI is InChI=1S/C13H24FNO2/c14-6-2-1-3-7-15-8-10-17-13(11-15)12-5-4-9-16-12/h12-13H,1-11H2/t12-,13+/m0/s1. The van der Waals surface area contributed by atoms with Gasteiger partial charge in [0.2, 0.25) is 0 Å². The van der Waals surface area contributed by atoms with Gasteiger partial charge in [0.1, 0.15) is 0 Å². The molecule has 2 heterocycles. The molecule has 100 valence electrons. The maximum Gasteiger partial charge on any atom is 0.0963 e. The topological polar surface area (TPSA) is 21.7 Å². The summed E-state index contributed by atoms with van der Waals surface area (Å²) in [6.07, 6.45) is 5.68. The lowest BCUT2D eigenvalue weighted by molar-refractivity contribution is -0.0943. The Morgan fingerprint density at radius 3 is 2.71 bits per heavy atom. The summed E-state index contributed by atoms with van der Waals surface area (Å²) in [5.41, 5.74) is 0. The van der Waals surface area contributed by atoms with Crippen molar-refractivity contribution in [2.45, 2.75) is 44.3 Å². The Bertz CT molecular complexity index is 210. The minimum atomic E-state index is -0.179. The van der Waals surface area contributed by atoms with Gasteiger partial charge in [-0.2, -0.15) is 0 Å². The first-order chi connectivity index (χ1) is 8.40. The van der Waals surface area contributed by atoms with Crippen molar-refractivity contribution in [1.29, 1.82) is 0 Å². The van der Waals surface area contributed by atoms with Gasteiger partial charge in [0.05, 0.1) is 25.5 Å². The number of hydrogen-bond donors (Lipinski definition) is 0. The molecule has 0 saturated carbocycles. The lowest BCUT2D eigenvalue weighted by Gasteiger charge is -2.35. The Hall–Kier alpha value is -0.190. The summed E-state index contributed by atoms with van der Waals surface area (Å²) < 4.78 is 23.5. The van der Waals surface area contributed by atoms with Crippen molar-refractivity contribution in [3.8, 4) is 0 Å². The van der Waals surface area contributed by atoms with Gasteiger partial charge in [0.25, 0.3) is 0 Å². The van der Waals surface area contributed by atoms with Gasteiger partial charge in [-0.3, -0.25) is 9.29 Å². The lowest BCUT2D eigenvalue weighted by atomic mass is 10.1. The van der Waals surface area contributed by atoms with E-state index >= 15 is 0 Å². The molecule has 0 aromatic carbocycles. The second kappa shape index (κ2) is 7.29. The molecular formula is C13H24FNO2. The third kappa shape index (κ3) is 4.19. The summed E-state index contributed by atoms with van der Waals surface area (Å²) in [6.45, 7) is 4.60.